The SMILES string of the molecule is CCC(NC(=O)c1cccc(NS(C)(=O)=O)c1C)c1ccc(C)cc1C. The number of amides is 1. The Balaban J connectivity index is 2.29. The van der Waals surface area contributed by atoms with Crippen molar-refractivity contribution in [2.45, 2.75) is 40.2 Å². The Bertz CT molecular complexity index is 921. The lowest BCUT2D eigenvalue weighted by molar-refractivity contribution is 0.0935. The molecule has 2 aromatic carbocycles. The van der Waals surface area contributed by atoms with Gasteiger partial charge in [0, 0.05) is 5.56 Å². The van der Waals surface area contributed by atoms with E-state index < -0.39 is 10.0 Å². The van der Waals surface area contributed by atoms with Crippen LogP contribution < -0.4 is 10.0 Å². The van der Waals surface area contributed by atoms with E-state index >= 15 is 0 Å². The zero-order valence-electron chi connectivity index (χ0n) is 15.9. The van der Waals surface area contributed by atoms with Crippen molar-refractivity contribution in [2.24, 2.45) is 0 Å². The molecule has 0 fully saturated rings. The van der Waals surface area contributed by atoms with Crippen molar-refractivity contribution >= 4 is 21.6 Å². The molecule has 1 atom stereocenters. The van der Waals surface area contributed by atoms with Crippen molar-refractivity contribution in [1.29, 1.82) is 0 Å². The summed E-state index contributed by atoms with van der Waals surface area (Å²) < 4.78 is 25.4. The van der Waals surface area contributed by atoms with Crippen molar-refractivity contribution in [3.63, 3.8) is 0 Å². The van der Waals surface area contributed by atoms with Crippen molar-refractivity contribution < 1.29 is 13.2 Å². The van der Waals surface area contributed by atoms with Gasteiger partial charge < -0.3 is 5.32 Å². The predicted molar refractivity (Wildman–Crippen MR) is 106 cm³/mol. The van der Waals surface area contributed by atoms with Gasteiger partial charge in [0.25, 0.3) is 5.91 Å². The monoisotopic (exact) mass is 374 g/mol. The van der Waals surface area contributed by atoms with Crippen molar-refractivity contribution in [2.75, 3.05) is 11.0 Å². The molecule has 0 aromatic heterocycles. The molecule has 2 aromatic rings. The van der Waals surface area contributed by atoms with Crippen LogP contribution in [0.15, 0.2) is 36.4 Å². The van der Waals surface area contributed by atoms with E-state index in [0.717, 1.165) is 23.8 Å². The largest absolute Gasteiger partial charge is 0.345 e. The molecule has 0 saturated carbocycles. The highest BCUT2D eigenvalue weighted by Gasteiger charge is 2.18. The van der Waals surface area contributed by atoms with Crippen LogP contribution in [0, 0.1) is 20.8 Å². The first-order chi connectivity index (χ1) is 12.1. The highest BCUT2D eigenvalue weighted by molar-refractivity contribution is 7.92. The van der Waals surface area contributed by atoms with Gasteiger partial charge in [-0.1, -0.05) is 36.8 Å². The highest BCUT2D eigenvalue weighted by atomic mass is 32.2. The lowest BCUT2D eigenvalue weighted by atomic mass is 9.97. The summed E-state index contributed by atoms with van der Waals surface area (Å²) in [5, 5.41) is 3.07. The van der Waals surface area contributed by atoms with Gasteiger partial charge in [-0.15, -0.1) is 0 Å². The fourth-order valence-electron chi connectivity index (χ4n) is 3.04. The molecule has 0 aliphatic carbocycles. The molecule has 0 aliphatic heterocycles. The number of carbonyl (C=O) groups is 1. The summed E-state index contributed by atoms with van der Waals surface area (Å²) in [6.07, 6.45) is 1.85. The standard InChI is InChI=1S/C20H26N2O3S/c1-6-18(16-11-10-13(2)12-14(16)3)21-20(23)17-8-7-9-19(15(17)4)22-26(5,24)25/h7-12,18,22H,6H2,1-5H3,(H,21,23). The Morgan fingerprint density at radius 2 is 1.81 bits per heavy atom. The maximum Gasteiger partial charge on any atom is 0.252 e. The molecule has 0 saturated heterocycles. The van der Waals surface area contributed by atoms with E-state index in [1.54, 1.807) is 25.1 Å². The average Bonchev–Trinajstić information content (AvgIpc) is 2.53. The van der Waals surface area contributed by atoms with Crippen LogP contribution in [0.5, 0.6) is 0 Å². The van der Waals surface area contributed by atoms with E-state index in [9.17, 15) is 13.2 Å². The molecule has 140 valence electrons. The molecular weight excluding hydrogens is 348 g/mol. The van der Waals surface area contributed by atoms with Gasteiger partial charge in [-0.05, 0) is 56.0 Å². The zero-order chi connectivity index (χ0) is 19.5. The van der Waals surface area contributed by atoms with Gasteiger partial charge in [0.2, 0.25) is 10.0 Å². The third-order valence-electron chi connectivity index (χ3n) is 4.39. The summed E-state index contributed by atoms with van der Waals surface area (Å²) in [5.74, 6) is -0.216. The third kappa shape index (κ3) is 4.85. The second kappa shape index (κ2) is 7.91. The van der Waals surface area contributed by atoms with Gasteiger partial charge in [-0.2, -0.15) is 0 Å². The van der Waals surface area contributed by atoms with E-state index in [4.69, 9.17) is 0 Å². The minimum Gasteiger partial charge on any atom is -0.345 e. The van der Waals surface area contributed by atoms with Gasteiger partial charge in [0.1, 0.15) is 0 Å². The molecule has 2 N–H and O–H groups in total. The molecule has 0 aliphatic rings. The molecule has 0 heterocycles. The summed E-state index contributed by atoms with van der Waals surface area (Å²) in [4.78, 5) is 12.8. The molecular formula is C20H26N2O3S. The Kier molecular flexibility index (Phi) is 6.08. The van der Waals surface area contributed by atoms with Crippen LogP contribution in [-0.2, 0) is 10.0 Å². The molecule has 2 rings (SSSR count). The van der Waals surface area contributed by atoms with Gasteiger partial charge in [0.05, 0.1) is 18.0 Å². The lowest BCUT2D eigenvalue weighted by Crippen LogP contribution is -2.29. The molecule has 0 bridgehead atoms. The lowest BCUT2D eigenvalue weighted by Gasteiger charge is -2.21. The smallest absolute Gasteiger partial charge is 0.252 e. The predicted octanol–water partition coefficient (Wildman–Crippen LogP) is 3.86. The van der Waals surface area contributed by atoms with Crippen LogP contribution in [0.25, 0.3) is 0 Å². The van der Waals surface area contributed by atoms with E-state index in [2.05, 4.69) is 16.1 Å². The summed E-state index contributed by atoms with van der Waals surface area (Å²) >= 11 is 0. The maximum absolute atomic E-state index is 12.8. The Morgan fingerprint density at radius 3 is 2.38 bits per heavy atom. The number of benzene rings is 2. The van der Waals surface area contributed by atoms with Gasteiger partial charge in [-0.3, -0.25) is 9.52 Å². The summed E-state index contributed by atoms with van der Waals surface area (Å²) in [5.41, 5.74) is 4.89. The third-order valence-corrected chi connectivity index (χ3v) is 4.98. The van der Waals surface area contributed by atoms with Crippen LogP contribution in [-0.4, -0.2) is 20.6 Å². The van der Waals surface area contributed by atoms with Crippen LogP contribution in [0.1, 0.15) is 52.0 Å². The number of carbonyl (C=O) groups excluding carboxylic acids is 1. The highest BCUT2D eigenvalue weighted by Crippen LogP contribution is 2.24. The maximum atomic E-state index is 12.8. The van der Waals surface area contributed by atoms with Crippen molar-refractivity contribution in [3.8, 4) is 0 Å². The van der Waals surface area contributed by atoms with Crippen molar-refractivity contribution in [1.82, 2.24) is 5.32 Å². The molecule has 0 spiro atoms. The molecule has 0 radical (unpaired) electrons. The Morgan fingerprint density at radius 1 is 1.12 bits per heavy atom. The second-order valence-corrected chi connectivity index (χ2v) is 8.40. The normalized spacial score (nSPS) is 12.5. The van der Waals surface area contributed by atoms with Crippen LogP contribution in [0.2, 0.25) is 0 Å². The number of anilines is 1. The topological polar surface area (TPSA) is 75.3 Å². The zero-order valence-corrected chi connectivity index (χ0v) is 16.7. The summed E-state index contributed by atoms with van der Waals surface area (Å²) in [6.45, 7) is 7.85. The number of sulfonamides is 1. The molecule has 5 nitrogen and oxygen atoms in total. The minimum absolute atomic E-state index is 0.103. The quantitative estimate of drug-likeness (QED) is 0.806. The number of aryl methyl sites for hydroxylation is 2. The van der Waals surface area contributed by atoms with E-state index in [-0.39, 0.29) is 11.9 Å². The second-order valence-electron chi connectivity index (χ2n) is 6.65. The minimum atomic E-state index is -3.40. The molecule has 1 amide bonds. The summed E-state index contributed by atoms with van der Waals surface area (Å²) in [6, 6.07) is 11.1. The first kappa shape index (κ1) is 20.0. The Labute approximate surface area is 155 Å². The molecule has 1 unspecified atom stereocenters. The number of rotatable bonds is 6. The Hall–Kier alpha value is -2.34. The van der Waals surface area contributed by atoms with E-state index in [1.807, 2.05) is 32.9 Å². The van der Waals surface area contributed by atoms with Crippen LogP contribution >= 0.6 is 0 Å². The molecule has 6 heteroatoms. The number of hydrogen-bond donors (Lipinski definition) is 2. The van der Waals surface area contributed by atoms with Gasteiger partial charge in [-0.25, -0.2) is 8.42 Å². The van der Waals surface area contributed by atoms with Gasteiger partial charge >= 0.3 is 0 Å². The fraction of sp³-hybridized carbons (Fsp3) is 0.350. The summed E-state index contributed by atoms with van der Waals surface area (Å²) in [7, 11) is -3.40. The van der Waals surface area contributed by atoms with Crippen molar-refractivity contribution in [3.05, 3.63) is 64.2 Å². The van der Waals surface area contributed by atoms with Gasteiger partial charge in [0.15, 0.2) is 0 Å². The first-order valence-electron chi connectivity index (χ1n) is 8.57. The first-order valence-corrected chi connectivity index (χ1v) is 10.5. The molecule has 26 heavy (non-hydrogen) atoms. The number of nitrogens with one attached hydrogen (secondary N) is 2. The van der Waals surface area contributed by atoms with E-state index in [1.165, 1.54) is 5.56 Å². The van der Waals surface area contributed by atoms with E-state index in [0.29, 0.717) is 16.8 Å². The van der Waals surface area contributed by atoms with Crippen LogP contribution in [0.3, 0.4) is 0 Å². The fourth-order valence-corrected chi connectivity index (χ4v) is 3.66. The number of hydrogen-bond acceptors (Lipinski definition) is 3. The van der Waals surface area contributed by atoms with Crippen LogP contribution in [0.4, 0.5) is 5.69 Å². The average molecular weight is 375 g/mol.